The van der Waals surface area contributed by atoms with Gasteiger partial charge in [-0.1, -0.05) is 9.64 Å². The lowest BCUT2D eigenvalue weighted by Crippen LogP contribution is -2.14. The number of hydrogen-bond donors (Lipinski definition) is 2. The van der Waals surface area contributed by atoms with Crippen LogP contribution in [0.4, 0.5) is 11.6 Å². The van der Waals surface area contributed by atoms with Crippen LogP contribution in [0.3, 0.4) is 0 Å². The number of carbonyl (C=O) groups excluding carboxylic acids is 1. The molecule has 1 aromatic carbocycles. The van der Waals surface area contributed by atoms with Gasteiger partial charge in [-0.2, -0.15) is 0 Å². The number of aryl methyl sites for hydroxylation is 1. The molecule has 0 unspecified atom stereocenters. The Balaban J connectivity index is 1.75. The van der Waals surface area contributed by atoms with E-state index in [2.05, 4.69) is 24.8 Å². The Morgan fingerprint density at radius 3 is 2.48 bits per heavy atom. The lowest BCUT2D eigenvalue weighted by Gasteiger charge is -2.07. The second-order valence-corrected chi connectivity index (χ2v) is 7.39. The van der Waals surface area contributed by atoms with E-state index < -0.39 is 15.9 Å². The average Bonchev–Trinajstić information content (AvgIpc) is 3.21. The lowest BCUT2D eigenvalue weighted by atomic mass is 10.3. The molecule has 0 aliphatic rings. The van der Waals surface area contributed by atoms with E-state index in [4.69, 9.17) is 4.52 Å². The van der Waals surface area contributed by atoms with E-state index >= 15 is 0 Å². The van der Waals surface area contributed by atoms with Crippen LogP contribution in [0, 0.1) is 13.8 Å². The quantitative estimate of drug-likeness (QED) is 0.695. The van der Waals surface area contributed by atoms with Crippen molar-refractivity contribution in [2.75, 3.05) is 10.0 Å². The van der Waals surface area contributed by atoms with Crippen molar-refractivity contribution in [3.63, 3.8) is 0 Å². The minimum Gasteiger partial charge on any atom is -0.337 e. The van der Waals surface area contributed by atoms with Gasteiger partial charge in [0.2, 0.25) is 5.88 Å². The summed E-state index contributed by atoms with van der Waals surface area (Å²) in [6.45, 7) is 3.42. The fourth-order valence-electron chi connectivity index (χ4n) is 1.87. The van der Waals surface area contributed by atoms with Crippen molar-refractivity contribution in [1.29, 1.82) is 0 Å². The predicted molar refractivity (Wildman–Crippen MR) is 91.1 cm³/mol. The van der Waals surface area contributed by atoms with Gasteiger partial charge >= 0.3 is 0 Å². The smallest absolute Gasteiger partial charge is 0.277 e. The molecule has 0 aliphatic heterocycles. The molecule has 0 saturated carbocycles. The largest absolute Gasteiger partial charge is 0.337 e. The van der Waals surface area contributed by atoms with E-state index in [0.717, 1.165) is 11.5 Å². The molecule has 0 radical (unpaired) electrons. The van der Waals surface area contributed by atoms with Gasteiger partial charge in [-0.25, -0.2) is 13.1 Å². The van der Waals surface area contributed by atoms with Gasteiger partial charge in [0, 0.05) is 16.6 Å². The summed E-state index contributed by atoms with van der Waals surface area (Å²) in [5, 5.41) is 11.5. The van der Waals surface area contributed by atoms with Crippen molar-refractivity contribution in [3.8, 4) is 0 Å². The van der Waals surface area contributed by atoms with Crippen LogP contribution >= 0.6 is 11.5 Å². The molecule has 0 aliphatic carbocycles. The van der Waals surface area contributed by atoms with Crippen LogP contribution in [0.25, 0.3) is 0 Å². The van der Waals surface area contributed by atoms with Crippen LogP contribution < -0.4 is 10.0 Å². The topological polar surface area (TPSA) is 127 Å². The molecule has 1 amide bonds. The minimum atomic E-state index is -3.83. The van der Waals surface area contributed by atoms with Crippen LogP contribution in [0.15, 0.2) is 39.1 Å². The Morgan fingerprint density at radius 1 is 1.20 bits per heavy atom. The summed E-state index contributed by atoms with van der Waals surface area (Å²) in [6, 6.07) is 5.70. The monoisotopic (exact) mass is 379 g/mol. The van der Waals surface area contributed by atoms with Gasteiger partial charge in [0.05, 0.1) is 10.6 Å². The molecular formula is C14H13N5O4S2. The number of hydrogen-bond acceptors (Lipinski definition) is 8. The van der Waals surface area contributed by atoms with Gasteiger partial charge in [-0.05, 0) is 49.6 Å². The maximum absolute atomic E-state index is 12.4. The number of nitrogens with zero attached hydrogens (tertiary/aromatic N) is 3. The fourth-order valence-corrected chi connectivity index (χ4v) is 3.35. The third kappa shape index (κ3) is 3.67. The first-order chi connectivity index (χ1) is 11.9. The normalized spacial score (nSPS) is 11.3. The Bertz CT molecular complexity index is 995. The number of rotatable bonds is 5. The van der Waals surface area contributed by atoms with Crippen LogP contribution in [0.2, 0.25) is 0 Å². The van der Waals surface area contributed by atoms with Gasteiger partial charge < -0.3 is 9.84 Å². The zero-order valence-corrected chi connectivity index (χ0v) is 14.8. The number of nitrogens with one attached hydrogen (secondary N) is 2. The second kappa shape index (κ2) is 6.61. The maximum Gasteiger partial charge on any atom is 0.277 e. The van der Waals surface area contributed by atoms with Crippen LogP contribution in [-0.4, -0.2) is 29.1 Å². The number of aromatic nitrogens is 3. The Hall–Kier alpha value is -2.79. The first-order valence-corrected chi connectivity index (χ1v) is 9.33. The fraction of sp³-hybridized carbons (Fsp3) is 0.143. The molecule has 11 heteroatoms. The van der Waals surface area contributed by atoms with Gasteiger partial charge in [-0.3, -0.25) is 4.79 Å². The SMILES string of the molecule is Cc1noc(NS(=O)(=O)c2ccc(NC(=O)c3csnn3)cc2)c1C. The highest BCUT2D eigenvalue weighted by Crippen LogP contribution is 2.22. The summed E-state index contributed by atoms with van der Waals surface area (Å²) in [4.78, 5) is 11.9. The van der Waals surface area contributed by atoms with E-state index in [1.165, 1.54) is 29.6 Å². The van der Waals surface area contributed by atoms with Crippen molar-refractivity contribution in [1.82, 2.24) is 14.7 Å². The third-order valence-electron chi connectivity index (χ3n) is 3.40. The highest BCUT2D eigenvalue weighted by molar-refractivity contribution is 7.92. The lowest BCUT2D eigenvalue weighted by molar-refractivity contribution is 0.102. The summed E-state index contributed by atoms with van der Waals surface area (Å²) in [5.41, 5.74) is 1.85. The minimum absolute atomic E-state index is 0.0225. The zero-order chi connectivity index (χ0) is 18.0. The average molecular weight is 379 g/mol. The summed E-state index contributed by atoms with van der Waals surface area (Å²) >= 11 is 1.06. The molecule has 25 heavy (non-hydrogen) atoms. The Labute approximate surface area is 147 Å². The molecule has 9 nitrogen and oxygen atoms in total. The van der Waals surface area contributed by atoms with Crippen molar-refractivity contribution in [2.45, 2.75) is 18.7 Å². The second-order valence-electron chi connectivity index (χ2n) is 5.10. The number of anilines is 2. The molecule has 0 spiro atoms. The van der Waals surface area contributed by atoms with Crippen LogP contribution in [0.5, 0.6) is 0 Å². The van der Waals surface area contributed by atoms with Crippen molar-refractivity contribution >= 4 is 39.0 Å². The summed E-state index contributed by atoms with van der Waals surface area (Å²) in [7, 11) is -3.83. The van der Waals surface area contributed by atoms with Gasteiger partial charge in [-0.15, -0.1) is 5.10 Å². The molecule has 0 saturated heterocycles. The van der Waals surface area contributed by atoms with Crippen molar-refractivity contribution in [3.05, 3.63) is 46.6 Å². The number of carbonyl (C=O) groups is 1. The summed E-state index contributed by atoms with van der Waals surface area (Å²) in [6.07, 6.45) is 0. The molecule has 0 fully saturated rings. The van der Waals surface area contributed by atoms with Gasteiger partial charge in [0.25, 0.3) is 15.9 Å². The zero-order valence-electron chi connectivity index (χ0n) is 13.2. The Kier molecular flexibility index (Phi) is 4.51. The molecule has 0 bridgehead atoms. The molecule has 2 aromatic heterocycles. The third-order valence-corrected chi connectivity index (χ3v) is 5.25. The van der Waals surface area contributed by atoms with Crippen LogP contribution in [-0.2, 0) is 10.0 Å². The van der Waals surface area contributed by atoms with Crippen molar-refractivity contribution in [2.24, 2.45) is 0 Å². The number of benzene rings is 1. The molecule has 0 atom stereocenters. The maximum atomic E-state index is 12.4. The summed E-state index contributed by atoms with van der Waals surface area (Å²) < 4.78 is 35.7. The predicted octanol–water partition coefficient (Wildman–Crippen LogP) is 2.20. The van der Waals surface area contributed by atoms with Gasteiger partial charge in [0.1, 0.15) is 0 Å². The first kappa shape index (κ1) is 17.0. The highest BCUT2D eigenvalue weighted by atomic mass is 32.2. The van der Waals surface area contributed by atoms with Crippen LogP contribution in [0.1, 0.15) is 21.7 Å². The number of amides is 1. The van der Waals surface area contributed by atoms with E-state index in [-0.39, 0.29) is 16.5 Å². The standard InChI is InChI=1S/C14H13N5O4S2/c1-8-9(2)17-23-14(8)18-25(21,22)11-5-3-10(4-6-11)15-13(20)12-7-24-19-16-12/h3-7,18H,1-2H3,(H,15,20). The number of sulfonamides is 1. The summed E-state index contributed by atoms with van der Waals surface area (Å²) in [5.74, 6) is -0.346. The Morgan fingerprint density at radius 2 is 1.92 bits per heavy atom. The molecule has 2 N–H and O–H groups in total. The molecular weight excluding hydrogens is 366 g/mol. The molecule has 3 aromatic rings. The van der Waals surface area contributed by atoms with Crippen molar-refractivity contribution < 1.29 is 17.7 Å². The van der Waals surface area contributed by atoms with E-state index in [0.29, 0.717) is 16.9 Å². The van der Waals surface area contributed by atoms with E-state index in [9.17, 15) is 13.2 Å². The van der Waals surface area contributed by atoms with Gasteiger partial charge in [0.15, 0.2) is 5.69 Å². The molecule has 130 valence electrons. The molecule has 2 heterocycles. The van der Waals surface area contributed by atoms with E-state index in [1.54, 1.807) is 13.8 Å². The van der Waals surface area contributed by atoms with E-state index in [1.807, 2.05) is 0 Å². The first-order valence-electron chi connectivity index (χ1n) is 7.01. The molecule has 3 rings (SSSR count). The highest BCUT2D eigenvalue weighted by Gasteiger charge is 2.19.